The third-order valence-corrected chi connectivity index (χ3v) is 6.05. The predicted molar refractivity (Wildman–Crippen MR) is 76.5 cm³/mol. The Morgan fingerprint density at radius 2 is 1.74 bits per heavy atom. The minimum Gasteiger partial charge on any atom is -0.465 e. The number of hydrogen-bond acceptors (Lipinski definition) is 3. The Balaban J connectivity index is 1.59. The van der Waals surface area contributed by atoms with E-state index in [2.05, 4.69) is 0 Å². The van der Waals surface area contributed by atoms with Crippen LogP contribution in [0.4, 0.5) is 17.6 Å². The SMILES string of the molecule is O=C(CC(F)(F)C(F)(F)Br)OCC12CC3CC(CC(O)(C3)C1)C2. The molecule has 0 radical (unpaired) electrons. The number of aliphatic hydroxyl groups is 1. The van der Waals surface area contributed by atoms with E-state index in [4.69, 9.17) is 4.74 Å². The molecule has 0 aromatic heterocycles. The Morgan fingerprint density at radius 3 is 2.22 bits per heavy atom. The summed E-state index contributed by atoms with van der Waals surface area (Å²) in [5, 5.41) is 10.6. The molecule has 132 valence electrons. The van der Waals surface area contributed by atoms with Gasteiger partial charge in [0.25, 0.3) is 0 Å². The summed E-state index contributed by atoms with van der Waals surface area (Å²) in [5.41, 5.74) is -1.13. The van der Waals surface area contributed by atoms with Crippen LogP contribution in [0.5, 0.6) is 0 Å². The van der Waals surface area contributed by atoms with Crippen molar-refractivity contribution >= 4 is 21.9 Å². The largest absolute Gasteiger partial charge is 0.465 e. The Labute approximate surface area is 139 Å². The molecule has 4 bridgehead atoms. The molecule has 0 aromatic rings. The predicted octanol–water partition coefficient (Wildman–Crippen LogP) is 3.87. The third kappa shape index (κ3) is 3.38. The molecule has 4 aliphatic rings. The van der Waals surface area contributed by atoms with Crippen LogP contribution in [0.1, 0.15) is 44.9 Å². The number of hydrogen-bond donors (Lipinski definition) is 1. The highest BCUT2D eigenvalue weighted by Gasteiger charge is 2.58. The summed E-state index contributed by atoms with van der Waals surface area (Å²) in [6.45, 7) is -0.0783. The van der Waals surface area contributed by atoms with Gasteiger partial charge in [0.1, 0.15) is 6.42 Å². The number of esters is 1. The molecule has 0 saturated heterocycles. The van der Waals surface area contributed by atoms with E-state index in [1.54, 1.807) is 15.9 Å². The van der Waals surface area contributed by atoms with Crippen molar-refractivity contribution in [3.05, 3.63) is 0 Å². The fourth-order valence-electron chi connectivity index (χ4n) is 5.14. The molecule has 2 atom stereocenters. The summed E-state index contributed by atoms with van der Waals surface area (Å²) >= 11 is 1.59. The molecule has 0 heterocycles. The number of ether oxygens (including phenoxy) is 1. The summed E-state index contributed by atoms with van der Waals surface area (Å²) < 4.78 is 56.7. The van der Waals surface area contributed by atoms with Crippen molar-refractivity contribution in [2.45, 2.75) is 61.3 Å². The van der Waals surface area contributed by atoms with Gasteiger partial charge in [-0.3, -0.25) is 4.79 Å². The number of carbonyl (C=O) groups is 1. The van der Waals surface area contributed by atoms with E-state index < -0.39 is 28.7 Å². The normalized spacial score (nSPS) is 39.6. The van der Waals surface area contributed by atoms with Crippen molar-refractivity contribution in [3.63, 3.8) is 0 Å². The number of rotatable bonds is 5. The molecule has 4 saturated carbocycles. The van der Waals surface area contributed by atoms with Crippen LogP contribution in [0.2, 0.25) is 0 Å². The van der Waals surface area contributed by atoms with E-state index in [1.807, 2.05) is 0 Å². The van der Waals surface area contributed by atoms with Gasteiger partial charge in [-0.05, 0) is 66.3 Å². The van der Waals surface area contributed by atoms with Gasteiger partial charge in [0.2, 0.25) is 0 Å². The lowest BCUT2D eigenvalue weighted by atomic mass is 9.48. The van der Waals surface area contributed by atoms with Crippen LogP contribution in [-0.4, -0.2) is 34.0 Å². The van der Waals surface area contributed by atoms with Crippen LogP contribution < -0.4 is 0 Å². The first kappa shape index (κ1) is 17.5. The second kappa shape index (κ2) is 5.31. The molecule has 4 fully saturated rings. The molecule has 3 nitrogen and oxygen atoms in total. The highest BCUT2D eigenvalue weighted by Crippen LogP contribution is 2.61. The van der Waals surface area contributed by atoms with E-state index in [1.165, 1.54) is 0 Å². The van der Waals surface area contributed by atoms with Crippen molar-refractivity contribution in [3.8, 4) is 0 Å². The van der Waals surface area contributed by atoms with Crippen LogP contribution in [-0.2, 0) is 9.53 Å². The Hall–Kier alpha value is -0.370. The van der Waals surface area contributed by atoms with Crippen LogP contribution in [0, 0.1) is 17.3 Å². The smallest absolute Gasteiger partial charge is 0.363 e. The van der Waals surface area contributed by atoms with Gasteiger partial charge in [0, 0.05) is 5.41 Å². The highest BCUT2D eigenvalue weighted by atomic mass is 79.9. The average Bonchev–Trinajstić information content (AvgIpc) is 2.31. The monoisotopic (exact) mass is 402 g/mol. The maximum Gasteiger partial charge on any atom is 0.363 e. The lowest BCUT2D eigenvalue weighted by Gasteiger charge is -2.59. The van der Waals surface area contributed by atoms with Gasteiger partial charge in [-0.2, -0.15) is 17.6 Å². The van der Waals surface area contributed by atoms with E-state index in [-0.39, 0.29) is 12.0 Å². The second-order valence-electron chi connectivity index (χ2n) is 7.73. The molecule has 2 unspecified atom stereocenters. The minimum absolute atomic E-state index is 0.0783. The summed E-state index contributed by atoms with van der Waals surface area (Å²) in [6, 6.07) is 0. The second-order valence-corrected chi connectivity index (χ2v) is 8.72. The maximum atomic E-state index is 13.2. The molecule has 0 spiro atoms. The van der Waals surface area contributed by atoms with Crippen molar-refractivity contribution in [2.75, 3.05) is 6.61 Å². The Morgan fingerprint density at radius 1 is 1.17 bits per heavy atom. The summed E-state index contributed by atoms with van der Waals surface area (Å²) in [4.78, 5) is 7.11. The highest BCUT2D eigenvalue weighted by molar-refractivity contribution is 9.10. The molecule has 4 aliphatic carbocycles. The molecular weight excluding hydrogens is 384 g/mol. The summed E-state index contributed by atoms with van der Waals surface area (Å²) in [5.74, 6) is -5.09. The van der Waals surface area contributed by atoms with Crippen molar-refractivity contribution in [1.29, 1.82) is 0 Å². The molecule has 0 amide bonds. The first-order valence-electron chi connectivity index (χ1n) is 7.75. The van der Waals surface area contributed by atoms with E-state index in [0.717, 1.165) is 32.1 Å². The van der Waals surface area contributed by atoms with E-state index in [9.17, 15) is 27.5 Å². The number of halogens is 5. The standard InChI is InChI=1S/C15H19BrF4O3/c16-15(19,20)14(17,18)6-11(21)23-8-12-2-9-1-10(3-12)5-13(22,4-9)7-12/h9-10,22H,1-8H2. The Kier molecular flexibility index (Phi) is 4.03. The lowest BCUT2D eigenvalue weighted by molar-refractivity contribution is -0.195. The maximum absolute atomic E-state index is 13.2. The van der Waals surface area contributed by atoms with E-state index >= 15 is 0 Å². The van der Waals surface area contributed by atoms with Crippen molar-refractivity contribution in [1.82, 2.24) is 0 Å². The molecular formula is C15H19BrF4O3. The zero-order valence-corrected chi connectivity index (χ0v) is 14.1. The van der Waals surface area contributed by atoms with Gasteiger partial charge in [-0.25, -0.2) is 0 Å². The average molecular weight is 403 g/mol. The minimum atomic E-state index is -4.50. The molecule has 8 heteroatoms. The lowest BCUT2D eigenvalue weighted by Crippen LogP contribution is -2.57. The fraction of sp³-hybridized carbons (Fsp3) is 0.933. The Bertz CT molecular complexity index is 491. The molecule has 23 heavy (non-hydrogen) atoms. The third-order valence-electron chi connectivity index (χ3n) is 5.47. The van der Waals surface area contributed by atoms with Crippen molar-refractivity contribution in [2.24, 2.45) is 17.3 Å². The molecule has 1 N–H and O–H groups in total. The van der Waals surface area contributed by atoms with Gasteiger partial charge in [0.15, 0.2) is 0 Å². The molecule has 0 aromatic carbocycles. The number of carbonyl (C=O) groups excluding carboxylic acids is 1. The zero-order chi connectivity index (χ0) is 17.1. The van der Waals surface area contributed by atoms with Crippen LogP contribution in [0.25, 0.3) is 0 Å². The first-order valence-corrected chi connectivity index (χ1v) is 8.54. The van der Waals surface area contributed by atoms with Gasteiger partial charge in [-0.15, -0.1) is 0 Å². The molecule has 4 rings (SSSR count). The van der Waals surface area contributed by atoms with E-state index in [0.29, 0.717) is 18.3 Å². The van der Waals surface area contributed by atoms with Gasteiger partial charge in [-0.1, -0.05) is 0 Å². The molecule has 0 aliphatic heterocycles. The first-order chi connectivity index (χ1) is 10.4. The number of alkyl halides is 5. The van der Waals surface area contributed by atoms with Crippen LogP contribution in [0.3, 0.4) is 0 Å². The van der Waals surface area contributed by atoms with Crippen LogP contribution in [0.15, 0.2) is 0 Å². The van der Waals surface area contributed by atoms with Gasteiger partial charge >= 0.3 is 16.7 Å². The van der Waals surface area contributed by atoms with Crippen LogP contribution >= 0.6 is 15.9 Å². The van der Waals surface area contributed by atoms with Crippen molar-refractivity contribution < 1.29 is 32.2 Å². The topological polar surface area (TPSA) is 46.5 Å². The fourth-order valence-corrected chi connectivity index (χ4v) is 5.28. The zero-order valence-electron chi connectivity index (χ0n) is 12.5. The van der Waals surface area contributed by atoms with Gasteiger partial charge < -0.3 is 9.84 Å². The van der Waals surface area contributed by atoms with Gasteiger partial charge in [0.05, 0.1) is 12.2 Å². The summed E-state index contributed by atoms with van der Waals surface area (Å²) in [7, 11) is 0. The summed E-state index contributed by atoms with van der Waals surface area (Å²) in [6.07, 6.45) is 2.95. The quantitative estimate of drug-likeness (QED) is 0.431.